The average Bonchev–Trinajstić information content (AvgIpc) is 2.37. The number of benzene rings is 1. The number of carboxylic acids is 1. The van der Waals surface area contributed by atoms with Crippen LogP contribution in [0.15, 0.2) is 21.5 Å². The first-order chi connectivity index (χ1) is 9.65. The van der Waals surface area contributed by atoms with Gasteiger partial charge in [-0.3, -0.25) is 0 Å². The number of carbonyl (C=O) groups is 1. The van der Waals surface area contributed by atoms with E-state index in [0.29, 0.717) is 10.0 Å². The van der Waals surface area contributed by atoms with Crippen molar-refractivity contribution < 1.29 is 23.1 Å². The standard InChI is InChI=1S/C13H18BrNO5S/c1-8(2)20-5-4-15-21(18,19)11-7-10(13(16)17)6-9(3)12(11)14/h6-8,15H,4-5H2,1-3H3,(H,16,17). The third-order valence-electron chi connectivity index (χ3n) is 2.60. The van der Waals surface area contributed by atoms with E-state index in [2.05, 4.69) is 20.7 Å². The van der Waals surface area contributed by atoms with Crippen molar-refractivity contribution in [2.75, 3.05) is 13.2 Å². The van der Waals surface area contributed by atoms with E-state index in [1.807, 2.05) is 13.8 Å². The van der Waals surface area contributed by atoms with E-state index >= 15 is 0 Å². The molecule has 0 radical (unpaired) electrons. The highest BCUT2D eigenvalue weighted by Crippen LogP contribution is 2.27. The van der Waals surface area contributed by atoms with E-state index in [4.69, 9.17) is 9.84 Å². The van der Waals surface area contributed by atoms with Crippen molar-refractivity contribution in [1.82, 2.24) is 4.72 Å². The van der Waals surface area contributed by atoms with Crippen LogP contribution >= 0.6 is 15.9 Å². The summed E-state index contributed by atoms with van der Waals surface area (Å²) in [6.07, 6.45) is 0.0128. The minimum absolute atomic E-state index is 0.0128. The van der Waals surface area contributed by atoms with Crippen LogP contribution in [0.5, 0.6) is 0 Å². The average molecular weight is 380 g/mol. The summed E-state index contributed by atoms with van der Waals surface area (Å²) in [4.78, 5) is 10.9. The summed E-state index contributed by atoms with van der Waals surface area (Å²) in [6, 6.07) is 2.54. The van der Waals surface area contributed by atoms with Gasteiger partial charge in [-0.2, -0.15) is 0 Å². The van der Waals surface area contributed by atoms with E-state index in [0.717, 1.165) is 6.07 Å². The quantitative estimate of drug-likeness (QED) is 0.708. The van der Waals surface area contributed by atoms with Crippen LogP contribution in [0.1, 0.15) is 29.8 Å². The largest absolute Gasteiger partial charge is 0.478 e. The zero-order chi connectivity index (χ0) is 16.2. The van der Waals surface area contributed by atoms with Crippen molar-refractivity contribution in [3.05, 3.63) is 27.7 Å². The number of sulfonamides is 1. The Hall–Kier alpha value is -0.960. The number of carboxylic acid groups (broad SMARTS) is 1. The van der Waals surface area contributed by atoms with Crippen LogP contribution in [0, 0.1) is 6.92 Å². The number of hydrogen-bond acceptors (Lipinski definition) is 4. The Kier molecular flexibility index (Phi) is 6.33. The van der Waals surface area contributed by atoms with Gasteiger partial charge in [0.05, 0.1) is 23.2 Å². The Labute approximate surface area is 132 Å². The number of rotatable bonds is 7. The molecule has 118 valence electrons. The van der Waals surface area contributed by atoms with Crippen LogP contribution < -0.4 is 4.72 Å². The van der Waals surface area contributed by atoms with Crippen molar-refractivity contribution in [3.8, 4) is 0 Å². The molecule has 0 atom stereocenters. The highest BCUT2D eigenvalue weighted by atomic mass is 79.9. The van der Waals surface area contributed by atoms with Gasteiger partial charge >= 0.3 is 5.97 Å². The molecular formula is C13H18BrNO5S. The first kappa shape index (κ1) is 18.1. The van der Waals surface area contributed by atoms with Gasteiger partial charge in [0.2, 0.25) is 10.0 Å². The SMILES string of the molecule is Cc1cc(C(=O)O)cc(S(=O)(=O)NCCOC(C)C)c1Br. The maximum atomic E-state index is 12.2. The molecule has 0 fully saturated rings. The lowest BCUT2D eigenvalue weighted by molar-refractivity contribution is 0.0696. The fourth-order valence-corrected chi connectivity index (χ4v) is 3.66. The number of aromatic carboxylic acids is 1. The molecule has 21 heavy (non-hydrogen) atoms. The molecule has 6 nitrogen and oxygen atoms in total. The van der Waals surface area contributed by atoms with Crippen molar-refractivity contribution in [3.63, 3.8) is 0 Å². The Balaban J connectivity index is 2.99. The third-order valence-corrected chi connectivity index (χ3v) is 5.40. The van der Waals surface area contributed by atoms with Gasteiger partial charge in [0.15, 0.2) is 0 Å². The summed E-state index contributed by atoms with van der Waals surface area (Å²) in [5.41, 5.74) is 0.461. The molecule has 1 rings (SSSR count). The normalized spacial score (nSPS) is 11.9. The van der Waals surface area contributed by atoms with Crippen LogP contribution in [0.25, 0.3) is 0 Å². The van der Waals surface area contributed by atoms with Gasteiger partial charge in [-0.25, -0.2) is 17.9 Å². The minimum Gasteiger partial charge on any atom is -0.478 e. The number of halogens is 1. The second-order valence-corrected chi connectivity index (χ2v) is 7.26. The second-order valence-electron chi connectivity index (χ2n) is 4.73. The second kappa shape index (κ2) is 7.35. The molecule has 1 aromatic carbocycles. The summed E-state index contributed by atoms with van der Waals surface area (Å²) >= 11 is 3.19. The fourth-order valence-electron chi connectivity index (χ4n) is 1.60. The first-order valence-electron chi connectivity index (χ1n) is 6.30. The van der Waals surface area contributed by atoms with Crippen LogP contribution in [0.3, 0.4) is 0 Å². The van der Waals surface area contributed by atoms with Gasteiger partial charge in [-0.1, -0.05) is 0 Å². The van der Waals surface area contributed by atoms with Crippen molar-refractivity contribution in [2.24, 2.45) is 0 Å². The molecule has 0 amide bonds. The predicted molar refractivity (Wildman–Crippen MR) is 82.1 cm³/mol. The van der Waals surface area contributed by atoms with Gasteiger partial charge in [-0.15, -0.1) is 0 Å². The van der Waals surface area contributed by atoms with E-state index in [1.165, 1.54) is 6.07 Å². The van der Waals surface area contributed by atoms with E-state index in [1.54, 1.807) is 6.92 Å². The number of hydrogen-bond donors (Lipinski definition) is 2. The first-order valence-corrected chi connectivity index (χ1v) is 8.57. The molecular weight excluding hydrogens is 362 g/mol. The Morgan fingerprint density at radius 2 is 2.05 bits per heavy atom. The summed E-state index contributed by atoms with van der Waals surface area (Å²) < 4.78 is 32.5. The molecule has 8 heteroatoms. The molecule has 0 aliphatic heterocycles. The lowest BCUT2D eigenvalue weighted by Crippen LogP contribution is -2.28. The molecule has 0 saturated heterocycles. The Bertz CT molecular complexity index is 628. The molecule has 0 spiro atoms. The van der Waals surface area contributed by atoms with E-state index < -0.39 is 16.0 Å². The number of aryl methyl sites for hydroxylation is 1. The fraction of sp³-hybridized carbons (Fsp3) is 0.462. The van der Waals surface area contributed by atoms with E-state index in [-0.39, 0.29) is 29.7 Å². The molecule has 1 aromatic rings. The molecule has 0 unspecified atom stereocenters. The minimum atomic E-state index is -3.81. The Morgan fingerprint density at radius 3 is 2.57 bits per heavy atom. The van der Waals surface area contributed by atoms with Gasteiger partial charge < -0.3 is 9.84 Å². The van der Waals surface area contributed by atoms with Gasteiger partial charge in [0, 0.05) is 11.0 Å². The summed E-state index contributed by atoms with van der Waals surface area (Å²) in [7, 11) is -3.81. The van der Waals surface area contributed by atoms with Crippen molar-refractivity contribution >= 4 is 31.9 Å². The molecule has 0 aliphatic carbocycles. The van der Waals surface area contributed by atoms with Crippen LogP contribution in [0.4, 0.5) is 0 Å². The maximum Gasteiger partial charge on any atom is 0.335 e. The predicted octanol–water partition coefficient (Wildman–Crippen LogP) is 2.16. The highest BCUT2D eigenvalue weighted by molar-refractivity contribution is 9.10. The highest BCUT2D eigenvalue weighted by Gasteiger charge is 2.21. The molecule has 2 N–H and O–H groups in total. The van der Waals surface area contributed by atoms with Gasteiger partial charge in [0.1, 0.15) is 0 Å². The summed E-state index contributed by atoms with van der Waals surface area (Å²) in [5.74, 6) is -1.18. The summed E-state index contributed by atoms with van der Waals surface area (Å²) in [5, 5.41) is 9.01. The monoisotopic (exact) mass is 379 g/mol. The lowest BCUT2D eigenvalue weighted by Gasteiger charge is -2.12. The number of nitrogens with one attached hydrogen (secondary N) is 1. The molecule has 0 bridgehead atoms. The Morgan fingerprint density at radius 1 is 1.43 bits per heavy atom. The van der Waals surface area contributed by atoms with Crippen molar-refractivity contribution in [2.45, 2.75) is 31.8 Å². The third kappa shape index (κ3) is 5.06. The molecule has 0 aliphatic rings. The lowest BCUT2D eigenvalue weighted by atomic mass is 10.1. The van der Waals surface area contributed by atoms with Gasteiger partial charge in [-0.05, 0) is 54.4 Å². The van der Waals surface area contributed by atoms with Gasteiger partial charge in [0.25, 0.3) is 0 Å². The van der Waals surface area contributed by atoms with Crippen LogP contribution in [-0.4, -0.2) is 38.7 Å². The van der Waals surface area contributed by atoms with Crippen LogP contribution in [-0.2, 0) is 14.8 Å². The zero-order valence-corrected chi connectivity index (χ0v) is 14.4. The zero-order valence-electron chi connectivity index (χ0n) is 12.0. The van der Waals surface area contributed by atoms with Crippen LogP contribution in [0.2, 0.25) is 0 Å². The maximum absolute atomic E-state index is 12.2. The summed E-state index contributed by atoms with van der Waals surface area (Å²) in [6.45, 7) is 5.70. The van der Waals surface area contributed by atoms with E-state index in [9.17, 15) is 13.2 Å². The molecule has 0 saturated carbocycles. The smallest absolute Gasteiger partial charge is 0.335 e. The number of ether oxygens (including phenoxy) is 1. The van der Waals surface area contributed by atoms with Crippen molar-refractivity contribution in [1.29, 1.82) is 0 Å². The topological polar surface area (TPSA) is 92.7 Å². The molecule has 0 heterocycles. The molecule has 0 aromatic heterocycles.